The molecule has 2 aromatic rings. The van der Waals surface area contributed by atoms with Crippen molar-refractivity contribution in [3.8, 4) is 5.88 Å². The predicted octanol–water partition coefficient (Wildman–Crippen LogP) is -0.456. The lowest BCUT2D eigenvalue weighted by atomic mass is 10.1. The Labute approximate surface area is 119 Å². The van der Waals surface area contributed by atoms with Gasteiger partial charge in [-0.25, -0.2) is 4.98 Å². The molecule has 0 fully saturated rings. The average molecular weight is 293 g/mol. The highest BCUT2D eigenvalue weighted by Crippen LogP contribution is 2.18. The molecule has 2 heterocycles. The summed E-state index contributed by atoms with van der Waals surface area (Å²) in [5.41, 5.74) is 4.76. The zero-order valence-corrected chi connectivity index (χ0v) is 11.6. The van der Waals surface area contributed by atoms with E-state index in [-0.39, 0.29) is 35.7 Å². The van der Waals surface area contributed by atoms with Crippen molar-refractivity contribution in [2.75, 3.05) is 6.61 Å². The summed E-state index contributed by atoms with van der Waals surface area (Å²) < 4.78 is 4.85. The van der Waals surface area contributed by atoms with Crippen molar-refractivity contribution >= 4 is 17.0 Å². The molecule has 0 aromatic carbocycles. The topological polar surface area (TPSA) is 144 Å². The first-order valence-corrected chi connectivity index (χ1v) is 6.34. The highest BCUT2D eigenvalue weighted by Gasteiger charge is 2.24. The van der Waals surface area contributed by atoms with Crippen LogP contribution in [-0.2, 0) is 16.1 Å². The van der Waals surface area contributed by atoms with Crippen molar-refractivity contribution in [1.82, 2.24) is 20.2 Å². The van der Waals surface area contributed by atoms with E-state index in [0.29, 0.717) is 0 Å². The number of hydrogen-bond donors (Lipinski definition) is 3. The molecule has 0 aliphatic carbocycles. The summed E-state index contributed by atoms with van der Waals surface area (Å²) in [6.07, 6.45) is 0. The number of ether oxygens (including phenoxy) is 1. The Morgan fingerprint density at radius 1 is 1.48 bits per heavy atom. The second-order valence-electron chi connectivity index (χ2n) is 4.30. The van der Waals surface area contributed by atoms with E-state index >= 15 is 0 Å². The van der Waals surface area contributed by atoms with Crippen LogP contribution < -0.4 is 11.2 Å². The van der Waals surface area contributed by atoms with Gasteiger partial charge < -0.3 is 15.6 Å². The van der Waals surface area contributed by atoms with E-state index in [9.17, 15) is 14.7 Å². The number of H-pyrrole nitrogens is 1. The number of rotatable bonds is 4. The average Bonchev–Trinajstić information content (AvgIpc) is 2.46. The Kier molecular flexibility index (Phi) is 4.13. The SMILES string of the molecule is CCOC(=O)C(C)c1n[nH]c2nc(CN)nc(O)c2c1=O. The molecule has 4 N–H and O–H groups in total. The van der Waals surface area contributed by atoms with E-state index in [1.807, 2.05) is 0 Å². The number of carbonyl (C=O) groups is 1. The van der Waals surface area contributed by atoms with Gasteiger partial charge in [0.15, 0.2) is 5.65 Å². The second-order valence-corrected chi connectivity index (χ2v) is 4.30. The van der Waals surface area contributed by atoms with Gasteiger partial charge in [0.25, 0.3) is 0 Å². The highest BCUT2D eigenvalue weighted by molar-refractivity contribution is 5.82. The molecular formula is C12H15N5O4. The number of nitrogens with two attached hydrogens (primary N) is 1. The normalized spacial score (nSPS) is 12.3. The van der Waals surface area contributed by atoms with Crippen LogP contribution in [0.25, 0.3) is 11.0 Å². The van der Waals surface area contributed by atoms with Crippen molar-refractivity contribution in [3.63, 3.8) is 0 Å². The van der Waals surface area contributed by atoms with E-state index in [1.165, 1.54) is 6.92 Å². The van der Waals surface area contributed by atoms with Crippen LogP contribution in [0, 0.1) is 0 Å². The Bertz CT molecular complexity index is 742. The minimum atomic E-state index is -0.869. The number of aromatic amines is 1. The third kappa shape index (κ3) is 2.68. The molecule has 0 radical (unpaired) electrons. The number of aromatic hydroxyl groups is 1. The number of aromatic nitrogens is 4. The fourth-order valence-corrected chi connectivity index (χ4v) is 1.84. The Balaban J connectivity index is 2.59. The standard InChI is InChI=1S/C12H15N5O4/c1-3-21-12(20)5(2)8-9(18)7-10(17-16-8)14-6(4-13)15-11(7)19/h5H,3-4,13H2,1-2H3,(H2,14,15,17,18,19). The first-order valence-electron chi connectivity index (χ1n) is 6.34. The number of nitrogens with one attached hydrogen (secondary N) is 1. The molecule has 0 amide bonds. The zero-order chi connectivity index (χ0) is 15.6. The monoisotopic (exact) mass is 293 g/mol. The van der Waals surface area contributed by atoms with Crippen LogP contribution in [-0.4, -0.2) is 37.8 Å². The molecule has 0 bridgehead atoms. The van der Waals surface area contributed by atoms with Crippen molar-refractivity contribution < 1.29 is 14.6 Å². The Hall–Kier alpha value is -2.55. The van der Waals surface area contributed by atoms with Crippen LogP contribution in [0.2, 0.25) is 0 Å². The first-order chi connectivity index (χ1) is 9.99. The molecule has 2 rings (SSSR count). The minimum absolute atomic E-state index is 0.00646. The molecule has 0 aliphatic heterocycles. The fraction of sp³-hybridized carbons (Fsp3) is 0.417. The smallest absolute Gasteiger partial charge is 0.314 e. The van der Waals surface area contributed by atoms with Crippen LogP contribution in [0.15, 0.2) is 4.79 Å². The van der Waals surface area contributed by atoms with Gasteiger partial charge in [-0.15, -0.1) is 0 Å². The van der Waals surface area contributed by atoms with Gasteiger partial charge in [0.1, 0.15) is 22.8 Å². The van der Waals surface area contributed by atoms with E-state index in [2.05, 4.69) is 20.2 Å². The maximum Gasteiger partial charge on any atom is 0.314 e. The van der Waals surface area contributed by atoms with Gasteiger partial charge in [-0.1, -0.05) is 0 Å². The zero-order valence-electron chi connectivity index (χ0n) is 11.6. The summed E-state index contributed by atoms with van der Waals surface area (Å²) in [4.78, 5) is 31.7. The third-order valence-electron chi connectivity index (χ3n) is 2.91. The summed E-state index contributed by atoms with van der Waals surface area (Å²) in [7, 11) is 0. The summed E-state index contributed by atoms with van der Waals surface area (Å²) in [5, 5.41) is 16.1. The molecule has 0 spiro atoms. The van der Waals surface area contributed by atoms with Gasteiger partial charge in [0.2, 0.25) is 11.3 Å². The lowest BCUT2D eigenvalue weighted by Crippen LogP contribution is -2.23. The number of esters is 1. The summed E-state index contributed by atoms with van der Waals surface area (Å²) in [6.45, 7) is 3.36. The molecule has 9 nitrogen and oxygen atoms in total. The molecule has 112 valence electrons. The maximum absolute atomic E-state index is 12.3. The van der Waals surface area contributed by atoms with Crippen LogP contribution in [0.4, 0.5) is 0 Å². The molecule has 21 heavy (non-hydrogen) atoms. The van der Waals surface area contributed by atoms with Crippen molar-refractivity contribution in [2.24, 2.45) is 5.73 Å². The third-order valence-corrected chi connectivity index (χ3v) is 2.91. The summed E-state index contributed by atoms with van der Waals surface area (Å²) in [6, 6.07) is 0. The molecule has 0 aliphatic rings. The highest BCUT2D eigenvalue weighted by atomic mass is 16.5. The van der Waals surface area contributed by atoms with Crippen molar-refractivity contribution in [1.29, 1.82) is 0 Å². The number of carbonyl (C=O) groups excluding carboxylic acids is 1. The van der Waals surface area contributed by atoms with E-state index in [0.717, 1.165) is 0 Å². The van der Waals surface area contributed by atoms with Crippen LogP contribution in [0.3, 0.4) is 0 Å². The predicted molar refractivity (Wildman–Crippen MR) is 72.6 cm³/mol. The van der Waals surface area contributed by atoms with Crippen LogP contribution in [0.5, 0.6) is 5.88 Å². The quantitative estimate of drug-likeness (QED) is 0.642. The van der Waals surface area contributed by atoms with E-state index < -0.39 is 23.2 Å². The molecule has 1 unspecified atom stereocenters. The van der Waals surface area contributed by atoms with Gasteiger partial charge in [-0.05, 0) is 13.8 Å². The van der Waals surface area contributed by atoms with E-state index in [4.69, 9.17) is 10.5 Å². The second kappa shape index (κ2) is 5.83. The number of fused-ring (bicyclic) bond motifs is 1. The number of nitrogens with zero attached hydrogens (tertiary/aromatic N) is 3. The fourth-order valence-electron chi connectivity index (χ4n) is 1.84. The summed E-state index contributed by atoms with van der Waals surface area (Å²) in [5.74, 6) is -1.77. The van der Waals surface area contributed by atoms with Gasteiger partial charge in [0, 0.05) is 0 Å². The van der Waals surface area contributed by atoms with Crippen molar-refractivity contribution in [2.45, 2.75) is 26.3 Å². The molecule has 0 saturated carbocycles. The minimum Gasteiger partial charge on any atom is -0.493 e. The van der Waals surface area contributed by atoms with Gasteiger partial charge in [-0.3, -0.25) is 14.7 Å². The molecule has 9 heteroatoms. The number of hydrogen-bond acceptors (Lipinski definition) is 8. The Morgan fingerprint density at radius 2 is 2.19 bits per heavy atom. The molecule has 2 aromatic heterocycles. The Morgan fingerprint density at radius 3 is 2.81 bits per heavy atom. The van der Waals surface area contributed by atoms with Gasteiger partial charge in [-0.2, -0.15) is 10.1 Å². The lowest BCUT2D eigenvalue weighted by Gasteiger charge is -2.10. The van der Waals surface area contributed by atoms with Gasteiger partial charge >= 0.3 is 5.97 Å². The molecule has 1 atom stereocenters. The maximum atomic E-state index is 12.3. The van der Waals surface area contributed by atoms with Crippen LogP contribution >= 0.6 is 0 Å². The molecular weight excluding hydrogens is 278 g/mol. The van der Waals surface area contributed by atoms with Crippen LogP contribution in [0.1, 0.15) is 31.3 Å². The van der Waals surface area contributed by atoms with E-state index in [1.54, 1.807) is 6.92 Å². The first kappa shape index (κ1) is 14.9. The lowest BCUT2D eigenvalue weighted by molar-refractivity contribution is -0.144. The summed E-state index contributed by atoms with van der Waals surface area (Å²) >= 11 is 0. The molecule has 0 saturated heterocycles. The van der Waals surface area contributed by atoms with Gasteiger partial charge in [0.05, 0.1) is 13.2 Å². The van der Waals surface area contributed by atoms with Crippen molar-refractivity contribution in [3.05, 3.63) is 21.7 Å². The largest absolute Gasteiger partial charge is 0.493 e.